The second-order valence-corrected chi connectivity index (χ2v) is 7.61. The van der Waals surface area contributed by atoms with Gasteiger partial charge in [0, 0.05) is 19.4 Å². The third kappa shape index (κ3) is 5.67. The topological polar surface area (TPSA) is 114 Å². The average molecular weight is 463 g/mol. The molecule has 0 spiro atoms. The Bertz CT molecular complexity index is 1120. The molecule has 0 aliphatic rings. The summed E-state index contributed by atoms with van der Waals surface area (Å²) in [5, 5.41) is 0. The van der Waals surface area contributed by atoms with Gasteiger partial charge in [0.05, 0.1) is 0 Å². The summed E-state index contributed by atoms with van der Waals surface area (Å²) in [6.07, 6.45) is -0.724. The largest absolute Gasteiger partial charge is 0.450 e. The molecule has 0 fully saturated rings. The number of rotatable bonds is 8. The summed E-state index contributed by atoms with van der Waals surface area (Å²) in [4.78, 5) is 41.5. The molecule has 2 N–H and O–H groups in total. The Morgan fingerprint density at radius 1 is 0.765 bits per heavy atom. The van der Waals surface area contributed by atoms with Crippen molar-refractivity contribution in [2.24, 2.45) is 5.90 Å². The van der Waals surface area contributed by atoms with Crippen molar-refractivity contribution in [1.82, 2.24) is 0 Å². The van der Waals surface area contributed by atoms with Crippen molar-refractivity contribution in [3.63, 3.8) is 0 Å². The molecule has 0 aromatic heterocycles. The number of esters is 3. The van der Waals surface area contributed by atoms with E-state index in [-0.39, 0.29) is 17.1 Å². The Hall–Kier alpha value is -4.01. The van der Waals surface area contributed by atoms with Gasteiger partial charge in [0.2, 0.25) is 5.60 Å². The lowest BCUT2D eigenvalue weighted by Gasteiger charge is -2.29. The highest BCUT2D eigenvalue weighted by atomic mass is 16.7. The van der Waals surface area contributed by atoms with Crippen LogP contribution in [0.1, 0.15) is 43.6 Å². The Labute approximate surface area is 197 Å². The molecule has 1 atom stereocenters. The van der Waals surface area contributed by atoms with E-state index in [2.05, 4.69) is 0 Å². The van der Waals surface area contributed by atoms with Crippen molar-refractivity contribution in [2.75, 3.05) is 0 Å². The molecule has 0 radical (unpaired) electrons. The molecule has 0 amide bonds. The number of carbonyl (C=O) groups is 3. The molecule has 3 aromatic rings. The summed E-state index contributed by atoms with van der Waals surface area (Å²) in [5.41, 5.74) is -0.0302. The fourth-order valence-electron chi connectivity index (χ4n) is 3.32. The van der Waals surface area contributed by atoms with Crippen LogP contribution in [0.3, 0.4) is 0 Å². The van der Waals surface area contributed by atoms with Gasteiger partial charge in [-0.1, -0.05) is 66.7 Å². The first-order valence-corrected chi connectivity index (χ1v) is 10.4. The third-order valence-corrected chi connectivity index (χ3v) is 5.06. The predicted octanol–water partition coefficient (Wildman–Crippen LogP) is 3.98. The molecule has 0 aliphatic carbocycles. The van der Waals surface area contributed by atoms with Crippen LogP contribution in [0.4, 0.5) is 0 Å². The maximum Gasteiger partial charge on any atom is 0.345 e. The van der Waals surface area contributed by atoms with Crippen LogP contribution in [0.15, 0.2) is 78.9 Å². The predicted molar refractivity (Wildman–Crippen MR) is 123 cm³/mol. The van der Waals surface area contributed by atoms with Gasteiger partial charge in [0.25, 0.3) is 0 Å². The van der Waals surface area contributed by atoms with Crippen LogP contribution in [0.25, 0.3) is 0 Å². The maximum absolute atomic E-state index is 13.4. The number of benzene rings is 3. The van der Waals surface area contributed by atoms with Crippen molar-refractivity contribution in [3.05, 3.63) is 95.6 Å². The van der Waals surface area contributed by atoms with Crippen molar-refractivity contribution in [1.29, 1.82) is 0 Å². The van der Waals surface area contributed by atoms with Gasteiger partial charge in [-0.2, -0.15) is 0 Å². The minimum absolute atomic E-state index is 0.00522. The summed E-state index contributed by atoms with van der Waals surface area (Å²) in [5.74, 6) is 3.48. The standard InChI is InChI=1S/C26H25NO7/c1-17(28)31-22-15-14-21(16-23(22)32-18(2)29)26(3,34-27)25(30)33-24(19-10-6-4-7-11-19)20-12-8-5-9-13-20/h4-16,24H,27H2,1-3H3. The Morgan fingerprint density at radius 3 is 1.74 bits per heavy atom. The molecule has 8 nitrogen and oxygen atoms in total. The molecule has 1 unspecified atom stereocenters. The summed E-state index contributed by atoms with van der Waals surface area (Å²) >= 11 is 0. The van der Waals surface area contributed by atoms with E-state index in [9.17, 15) is 14.4 Å². The second kappa shape index (κ2) is 10.7. The zero-order valence-corrected chi connectivity index (χ0v) is 19.0. The first-order valence-electron chi connectivity index (χ1n) is 10.4. The molecule has 3 aromatic carbocycles. The van der Waals surface area contributed by atoms with Crippen LogP contribution in [-0.2, 0) is 29.6 Å². The number of hydrogen-bond donors (Lipinski definition) is 1. The van der Waals surface area contributed by atoms with Gasteiger partial charge in [-0.25, -0.2) is 10.7 Å². The minimum Gasteiger partial charge on any atom is -0.450 e. The van der Waals surface area contributed by atoms with E-state index in [0.29, 0.717) is 0 Å². The van der Waals surface area contributed by atoms with Crippen LogP contribution in [-0.4, -0.2) is 17.9 Å². The number of ether oxygens (including phenoxy) is 3. The third-order valence-electron chi connectivity index (χ3n) is 5.06. The van der Waals surface area contributed by atoms with E-state index in [4.69, 9.17) is 24.9 Å². The first kappa shape index (κ1) is 24.6. The summed E-state index contributed by atoms with van der Waals surface area (Å²) in [6, 6.07) is 22.7. The van der Waals surface area contributed by atoms with Gasteiger partial charge in [0.15, 0.2) is 17.6 Å². The lowest BCUT2D eigenvalue weighted by Crippen LogP contribution is -2.40. The van der Waals surface area contributed by atoms with Gasteiger partial charge in [0.1, 0.15) is 0 Å². The van der Waals surface area contributed by atoms with E-state index in [1.807, 2.05) is 60.7 Å². The molecular weight excluding hydrogens is 438 g/mol. The number of carbonyl (C=O) groups excluding carboxylic acids is 3. The normalized spacial score (nSPS) is 12.5. The van der Waals surface area contributed by atoms with Crippen molar-refractivity contribution in [3.8, 4) is 11.5 Å². The Kier molecular flexibility index (Phi) is 7.78. The van der Waals surface area contributed by atoms with Gasteiger partial charge < -0.3 is 14.2 Å². The van der Waals surface area contributed by atoms with Gasteiger partial charge in [-0.3, -0.25) is 14.4 Å². The number of hydrogen-bond acceptors (Lipinski definition) is 8. The zero-order chi connectivity index (χ0) is 24.7. The molecule has 8 heteroatoms. The van der Waals surface area contributed by atoms with Crippen LogP contribution >= 0.6 is 0 Å². The SMILES string of the molecule is CC(=O)Oc1ccc(C(C)(ON)C(=O)OC(c2ccccc2)c2ccccc2)cc1OC(C)=O. The van der Waals surface area contributed by atoms with E-state index in [0.717, 1.165) is 11.1 Å². The van der Waals surface area contributed by atoms with Crippen molar-refractivity contribution in [2.45, 2.75) is 32.5 Å². The van der Waals surface area contributed by atoms with Gasteiger partial charge >= 0.3 is 17.9 Å². The van der Waals surface area contributed by atoms with E-state index in [1.54, 1.807) is 0 Å². The zero-order valence-electron chi connectivity index (χ0n) is 19.0. The highest BCUT2D eigenvalue weighted by Crippen LogP contribution is 2.37. The van der Waals surface area contributed by atoms with Crippen LogP contribution in [0, 0.1) is 0 Å². The molecule has 176 valence electrons. The minimum atomic E-state index is -1.77. The summed E-state index contributed by atoms with van der Waals surface area (Å²) < 4.78 is 16.2. The first-order chi connectivity index (χ1) is 16.2. The lowest BCUT2D eigenvalue weighted by atomic mass is 9.94. The smallest absolute Gasteiger partial charge is 0.345 e. The monoisotopic (exact) mass is 463 g/mol. The molecule has 34 heavy (non-hydrogen) atoms. The van der Waals surface area contributed by atoms with E-state index in [1.165, 1.54) is 39.0 Å². The lowest BCUT2D eigenvalue weighted by molar-refractivity contribution is -0.177. The van der Waals surface area contributed by atoms with Gasteiger partial charge in [-0.15, -0.1) is 0 Å². The summed E-state index contributed by atoms with van der Waals surface area (Å²) in [7, 11) is 0. The quantitative estimate of drug-likeness (QED) is 0.303. The highest BCUT2D eigenvalue weighted by molar-refractivity contribution is 5.82. The van der Waals surface area contributed by atoms with Crippen LogP contribution < -0.4 is 15.4 Å². The molecular formula is C26H25NO7. The molecule has 0 aliphatic heterocycles. The fraction of sp³-hybridized carbons (Fsp3) is 0.192. The van der Waals surface area contributed by atoms with Crippen molar-refractivity contribution < 1.29 is 33.4 Å². The molecule has 0 heterocycles. The average Bonchev–Trinajstić information content (AvgIpc) is 2.83. The highest BCUT2D eigenvalue weighted by Gasteiger charge is 2.41. The van der Waals surface area contributed by atoms with E-state index >= 15 is 0 Å². The van der Waals surface area contributed by atoms with E-state index < -0.39 is 29.6 Å². The Balaban J connectivity index is 1.99. The molecule has 0 bridgehead atoms. The Morgan fingerprint density at radius 2 is 1.26 bits per heavy atom. The van der Waals surface area contributed by atoms with Crippen LogP contribution in [0.2, 0.25) is 0 Å². The molecule has 3 rings (SSSR count). The molecule has 0 saturated heterocycles. The van der Waals surface area contributed by atoms with Crippen LogP contribution in [0.5, 0.6) is 11.5 Å². The van der Waals surface area contributed by atoms with Gasteiger partial charge in [-0.05, 0) is 30.2 Å². The fourth-order valence-corrected chi connectivity index (χ4v) is 3.32. The summed E-state index contributed by atoms with van der Waals surface area (Å²) in [6.45, 7) is 3.84. The van der Waals surface area contributed by atoms with Crippen molar-refractivity contribution >= 4 is 17.9 Å². The maximum atomic E-state index is 13.4. The number of nitrogens with two attached hydrogens (primary N) is 1. The molecule has 0 saturated carbocycles. The second-order valence-electron chi connectivity index (χ2n) is 7.61.